The number of hydrogen-bond donors (Lipinski definition) is 1. The molecule has 240 valence electrons. The first-order valence-corrected chi connectivity index (χ1v) is 16.8. The number of likely N-dealkylation sites (tertiary alicyclic amines) is 1. The second kappa shape index (κ2) is 14.0. The standard InChI is InChI=1S/C34H41N3O7S/c1-34(2,3)44-33(39)37-15-12-24(13-16-37)41-17-18-42-25-7-6-8-26(20-25)43-30-10-9-23(22-45(5)40)19-28(30)29-21-36(4)32(38)31-27(29)11-14-35-31/h6-11,14,19-21,24,35H,12-13,15-18,22H2,1-5H3. The molecule has 4 aromatic rings. The highest BCUT2D eigenvalue weighted by Gasteiger charge is 2.27. The molecule has 2 aromatic heterocycles. The van der Waals surface area contributed by atoms with Gasteiger partial charge in [-0.05, 0) is 63.9 Å². The fraction of sp³-hybridized carbons (Fsp3) is 0.412. The van der Waals surface area contributed by atoms with Crippen LogP contribution in [0.15, 0.2) is 65.7 Å². The van der Waals surface area contributed by atoms with Gasteiger partial charge >= 0.3 is 6.09 Å². The quantitative estimate of drug-likeness (QED) is 0.168. The first-order chi connectivity index (χ1) is 21.5. The fourth-order valence-electron chi connectivity index (χ4n) is 5.34. The summed E-state index contributed by atoms with van der Waals surface area (Å²) < 4.78 is 37.4. The molecule has 1 saturated heterocycles. The van der Waals surface area contributed by atoms with Gasteiger partial charge in [-0.25, -0.2) is 4.79 Å². The third-order valence-electron chi connectivity index (χ3n) is 7.43. The lowest BCUT2D eigenvalue weighted by molar-refractivity contribution is -0.0177. The summed E-state index contributed by atoms with van der Waals surface area (Å²) in [6.07, 6.45) is 6.51. The van der Waals surface area contributed by atoms with Gasteiger partial charge in [0.15, 0.2) is 0 Å². The maximum atomic E-state index is 12.7. The number of pyridine rings is 1. The van der Waals surface area contributed by atoms with E-state index in [-0.39, 0.29) is 17.8 Å². The van der Waals surface area contributed by atoms with Crippen LogP contribution in [0.1, 0.15) is 39.2 Å². The van der Waals surface area contributed by atoms with Crippen LogP contribution in [-0.4, -0.2) is 69.4 Å². The Morgan fingerprint density at radius 2 is 1.80 bits per heavy atom. The van der Waals surface area contributed by atoms with Crippen LogP contribution in [0, 0.1) is 0 Å². The van der Waals surface area contributed by atoms with E-state index in [1.54, 1.807) is 35.2 Å². The molecule has 1 N–H and O–H groups in total. The Hall–Kier alpha value is -3.93. The molecule has 10 nitrogen and oxygen atoms in total. The highest BCUT2D eigenvalue weighted by molar-refractivity contribution is 7.89. The molecule has 1 aliphatic heterocycles. The summed E-state index contributed by atoms with van der Waals surface area (Å²) in [5, 5.41) is 0.783. The second-order valence-corrected chi connectivity index (χ2v) is 13.7. The lowest BCUT2D eigenvalue weighted by Gasteiger charge is -2.33. The zero-order chi connectivity index (χ0) is 32.1. The SMILES string of the molecule is Cn1cc(-c2cc(C[S+](C)[O-])ccc2Oc2cccc(OCCOC3CCN(C(=O)OC(C)(C)C)CC3)c2)c2cc[nH]c2c1=O. The monoisotopic (exact) mass is 635 g/mol. The van der Waals surface area contributed by atoms with E-state index in [1.807, 2.05) is 69.3 Å². The molecule has 3 heterocycles. The van der Waals surface area contributed by atoms with Crippen molar-refractivity contribution in [3.05, 3.63) is 76.8 Å². The third kappa shape index (κ3) is 8.42. The van der Waals surface area contributed by atoms with Gasteiger partial charge < -0.3 is 38.0 Å². The molecule has 0 saturated carbocycles. The number of H-pyrrole nitrogens is 1. The Balaban J connectivity index is 1.22. The molecular weight excluding hydrogens is 594 g/mol. The second-order valence-electron chi connectivity index (χ2n) is 12.2. The number of carbonyl (C=O) groups is 1. The van der Waals surface area contributed by atoms with E-state index in [0.29, 0.717) is 54.8 Å². The number of carbonyl (C=O) groups excluding carboxylic acids is 1. The van der Waals surface area contributed by atoms with E-state index >= 15 is 0 Å². The molecule has 5 rings (SSSR count). The summed E-state index contributed by atoms with van der Waals surface area (Å²) in [4.78, 5) is 29.8. The first kappa shape index (κ1) is 32.5. The van der Waals surface area contributed by atoms with E-state index in [1.165, 1.54) is 0 Å². The van der Waals surface area contributed by atoms with Gasteiger partial charge in [-0.2, -0.15) is 0 Å². The Morgan fingerprint density at radius 3 is 2.53 bits per heavy atom. The number of rotatable bonds is 10. The summed E-state index contributed by atoms with van der Waals surface area (Å²) in [6.45, 7) is 7.60. The molecule has 1 unspecified atom stereocenters. The first-order valence-electron chi connectivity index (χ1n) is 15.1. The smallest absolute Gasteiger partial charge is 0.410 e. The van der Waals surface area contributed by atoms with Crippen LogP contribution in [-0.2, 0) is 33.5 Å². The molecule has 2 aromatic carbocycles. The van der Waals surface area contributed by atoms with Crippen molar-refractivity contribution in [2.75, 3.05) is 32.6 Å². The van der Waals surface area contributed by atoms with E-state index in [2.05, 4.69) is 4.98 Å². The number of amides is 1. The lowest BCUT2D eigenvalue weighted by Crippen LogP contribution is -2.43. The van der Waals surface area contributed by atoms with Crippen molar-refractivity contribution in [1.29, 1.82) is 0 Å². The molecular formula is C34H41N3O7S. The van der Waals surface area contributed by atoms with Gasteiger partial charge in [0, 0.05) is 60.7 Å². The van der Waals surface area contributed by atoms with Crippen molar-refractivity contribution in [2.45, 2.75) is 51.1 Å². The zero-order valence-electron chi connectivity index (χ0n) is 26.5. The number of aromatic nitrogens is 2. The minimum Gasteiger partial charge on any atom is -0.616 e. The summed E-state index contributed by atoms with van der Waals surface area (Å²) >= 11 is -1.02. The van der Waals surface area contributed by atoms with E-state index in [0.717, 1.165) is 34.9 Å². The number of hydrogen-bond acceptors (Lipinski definition) is 7. The van der Waals surface area contributed by atoms with Crippen LogP contribution in [0.2, 0.25) is 0 Å². The van der Waals surface area contributed by atoms with E-state index in [4.69, 9.17) is 18.9 Å². The molecule has 1 fully saturated rings. The normalized spacial score (nSPS) is 14.8. The van der Waals surface area contributed by atoms with Crippen LogP contribution < -0.4 is 15.0 Å². The topological polar surface area (TPSA) is 118 Å². The predicted molar refractivity (Wildman–Crippen MR) is 176 cm³/mol. The van der Waals surface area contributed by atoms with Gasteiger partial charge in [-0.15, -0.1) is 0 Å². The Kier molecular flexibility index (Phi) is 10.1. The maximum absolute atomic E-state index is 12.7. The number of ether oxygens (including phenoxy) is 4. The van der Waals surface area contributed by atoms with Crippen LogP contribution in [0.4, 0.5) is 4.79 Å². The summed E-state index contributed by atoms with van der Waals surface area (Å²) in [6, 6.07) is 15.0. The van der Waals surface area contributed by atoms with Gasteiger partial charge in [0.2, 0.25) is 0 Å². The summed E-state index contributed by atoms with van der Waals surface area (Å²) in [5.74, 6) is 2.24. The largest absolute Gasteiger partial charge is 0.616 e. The zero-order valence-corrected chi connectivity index (χ0v) is 27.3. The van der Waals surface area contributed by atoms with Crippen molar-refractivity contribution in [3.63, 3.8) is 0 Å². The van der Waals surface area contributed by atoms with Crippen molar-refractivity contribution >= 4 is 28.2 Å². The average molecular weight is 636 g/mol. The molecule has 1 amide bonds. The van der Waals surface area contributed by atoms with Crippen molar-refractivity contribution in [3.8, 4) is 28.4 Å². The predicted octanol–water partition coefficient (Wildman–Crippen LogP) is 6.00. The maximum Gasteiger partial charge on any atom is 0.410 e. The minimum atomic E-state index is -1.02. The van der Waals surface area contributed by atoms with Crippen LogP contribution in [0.3, 0.4) is 0 Å². The highest BCUT2D eigenvalue weighted by atomic mass is 32.2. The molecule has 0 radical (unpaired) electrons. The number of fused-ring (bicyclic) bond motifs is 1. The summed E-state index contributed by atoms with van der Waals surface area (Å²) in [7, 11) is 1.72. The third-order valence-corrected chi connectivity index (χ3v) is 8.17. The van der Waals surface area contributed by atoms with Gasteiger partial charge in [0.1, 0.15) is 40.7 Å². The molecule has 1 atom stereocenters. The van der Waals surface area contributed by atoms with Gasteiger partial charge in [0.25, 0.3) is 5.56 Å². The number of benzene rings is 2. The Labute approximate surface area is 266 Å². The van der Waals surface area contributed by atoms with Crippen LogP contribution in [0.5, 0.6) is 17.2 Å². The number of nitrogens with one attached hydrogen (secondary N) is 1. The Morgan fingerprint density at radius 1 is 1.04 bits per heavy atom. The fourth-order valence-corrected chi connectivity index (χ4v) is 5.99. The molecule has 0 aliphatic carbocycles. The van der Waals surface area contributed by atoms with Crippen LogP contribution in [0.25, 0.3) is 22.0 Å². The Bertz CT molecular complexity index is 1680. The van der Waals surface area contributed by atoms with Gasteiger partial charge in [0.05, 0.1) is 19.0 Å². The molecule has 0 spiro atoms. The number of aromatic amines is 1. The van der Waals surface area contributed by atoms with E-state index < -0.39 is 16.8 Å². The highest BCUT2D eigenvalue weighted by Crippen LogP contribution is 2.38. The molecule has 45 heavy (non-hydrogen) atoms. The number of piperidine rings is 1. The average Bonchev–Trinajstić information content (AvgIpc) is 3.48. The van der Waals surface area contributed by atoms with Crippen molar-refractivity contribution < 1.29 is 28.3 Å². The molecule has 0 bridgehead atoms. The molecule has 11 heteroatoms. The van der Waals surface area contributed by atoms with Crippen LogP contribution >= 0.6 is 0 Å². The van der Waals surface area contributed by atoms with Crippen molar-refractivity contribution in [1.82, 2.24) is 14.5 Å². The minimum absolute atomic E-state index is 0.0671. The lowest BCUT2D eigenvalue weighted by atomic mass is 10.0. The number of aryl methyl sites for hydroxylation is 1. The summed E-state index contributed by atoms with van der Waals surface area (Å²) in [5.41, 5.74) is 2.41. The molecule has 1 aliphatic rings. The van der Waals surface area contributed by atoms with E-state index in [9.17, 15) is 14.1 Å². The van der Waals surface area contributed by atoms with Gasteiger partial charge in [-0.1, -0.05) is 23.3 Å². The van der Waals surface area contributed by atoms with Gasteiger partial charge in [-0.3, -0.25) is 4.79 Å². The number of nitrogens with zero attached hydrogens (tertiary/aromatic N) is 2. The van der Waals surface area contributed by atoms with Crippen molar-refractivity contribution in [2.24, 2.45) is 7.05 Å².